The van der Waals surface area contributed by atoms with E-state index >= 15 is 0 Å². The van der Waals surface area contributed by atoms with Crippen molar-refractivity contribution in [3.8, 4) is 5.75 Å². The molecule has 0 saturated carbocycles. The van der Waals surface area contributed by atoms with Gasteiger partial charge in [0.2, 0.25) is 0 Å². The molecule has 0 spiro atoms. The van der Waals surface area contributed by atoms with Crippen LogP contribution < -0.4 is 4.74 Å². The van der Waals surface area contributed by atoms with Gasteiger partial charge in [0.15, 0.2) is 0 Å². The fourth-order valence-corrected chi connectivity index (χ4v) is 1.85. The monoisotopic (exact) mass is 260 g/mol. The largest absolute Gasteiger partial charge is 0.493 e. The second kappa shape index (κ2) is 6.34. The first-order valence-corrected chi connectivity index (χ1v) is 6.29. The van der Waals surface area contributed by atoms with Crippen LogP contribution >= 0.6 is 0 Å². The number of hydrogen-bond acceptors (Lipinski definition) is 2. The van der Waals surface area contributed by atoms with Gasteiger partial charge in [0, 0.05) is 12.5 Å². The van der Waals surface area contributed by atoms with E-state index in [0.29, 0.717) is 18.8 Å². The van der Waals surface area contributed by atoms with Crippen LogP contribution in [0, 0.1) is 12.7 Å². The van der Waals surface area contributed by atoms with Gasteiger partial charge in [-0.3, -0.25) is 0 Å². The Balaban J connectivity index is 1.88. The minimum atomic E-state index is -0.560. The van der Waals surface area contributed by atoms with E-state index in [0.717, 1.165) is 11.1 Å². The van der Waals surface area contributed by atoms with Gasteiger partial charge in [0.25, 0.3) is 0 Å². The highest BCUT2D eigenvalue weighted by molar-refractivity contribution is 5.32. The molecule has 0 bridgehead atoms. The fourth-order valence-electron chi connectivity index (χ4n) is 1.85. The Morgan fingerprint density at radius 2 is 1.89 bits per heavy atom. The van der Waals surface area contributed by atoms with Gasteiger partial charge in [-0.1, -0.05) is 36.4 Å². The van der Waals surface area contributed by atoms with Crippen molar-refractivity contribution < 1.29 is 14.2 Å². The van der Waals surface area contributed by atoms with Gasteiger partial charge in [-0.15, -0.1) is 0 Å². The first-order valence-electron chi connectivity index (χ1n) is 6.29. The highest BCUT2D eigenvalue weighted by Gasteiger charge is 2.08. The molecular formula is C16H17FO2. The Labute approximate surface area is 112 Å². The molecule has 2 aromatic rings. The lowest BCUT2D eigenvalue weighted by Gasteiger charge is -2.13. The normalized spacial score (nSPS) is 12.2. The molecule has 0 aliphatic rings. The maximum Gasteiger partial charge on any atom is 0.126 e. The van der Waals surface area contributed by atoms with Crippen LogP contribution in [0.2, 0.25) is 0 Å². The van der Waals surface area contributed by atoms with Gasteiger partial charge in [0.1, 0.15) is 11.6 Å². The second-order valence-electron chi connectivity index (χ2n) is 4.47. The molecule has 0 fully saturated rings. The van der Waals surface area contributed by atoms with Gasteiger partial charge in [-0.2, -0.15) is 0 Å². The molecule has 2 rings (SSSR count). The second-order valence-corrected chi connectivity index (χ2v) is 4.47. The Morgan fingerprint density at radius 3 is 2.63 bits per heavy atom. The predicted molar refractivity (Wildman–Crippen MR) is 72.7 cm³/mol. The molecule has 0 saturated heterocycles. The lowest BCUT2D eigenvalue weighted by molar-refractivity contribution is 0.140. The van der Waals surface area contributed by atoms with Gasteiger partial charge in [0.05, 0.1) is 12.7 Å². The number of aryl methyl sites for hydroxylation is 1. The predicted octanol–water partition coefficient (Wildman–Crippen LogP) is 3.64. The van der Waals surface area contributed by atoms with Crippen molar-refractivity contribution in [2.45, 2.75) is 19.4 Å². The minimum Gasteiger partial charge on any atom is -0.493 e. The number of halogens is 1. The summed E-state index contributed by atoms with van der Waals surface area (Å²) in [5.74, 6) is 0.212. The first-order chi connectivity index (χ1) is 9.16. The first kappa shape index (κ1) is 13.6. The van der Waals surface area contributed by atoms with Crippen LogP contribution in [0.3, 0.4) is 0 Å². The maximum absolute atomic E-state index is 13.1. The molecule has 0 aliphatic carbocycles. The summed E-state index contributed by atoms with van der Waals surface area (Å²) >= 11 is 0. The summed E-state index contributed by atoms with van der Waals surface area (Å²) in [6.07, 6.45) is -0.0879. The fraction of sp³-hybridized carbons (Fsp3) is 0.250. The molecule has 1 unspecified atom stereocenters. The summed E-state index contributed by atoms with van der Waals surface area (Å²) < 4.78 is 18.6. The van der Waals surface area contributed by atoms with Crippen molar-refractivity contribution in [2.24, 2.45) is 0 Å². The van der Waals surface area contributed by atoms with Crippen molar-refractivity contribution in [2.75, 3.05) is 6.61 Å². The average molecular weight is 260 g/mol. The Kier molecular flexibility index (Phi) is 4.53. The molecule has 0 radical (unpaired) electrons. The van der Waals surface area contributed by atoms with E-state index in [4.69, 9.17) is 4.74 Å². The molecule has 2 nitrogen and oxygen atoms in total. The SMILES string of the molecule is Cc1ccc(F)cc1OCCC(O)c1ccccc1. The van der Waals surface area contributed by atoms with Crippen LogP contribution in [-0.2, 0) is 0 Å². The zero-order chi connectivity index (χ0) is 13.7. The Hall–Kier alpha value is -1.87. The molecule has 0 aromatic heterocycles. The molecule has 0 aliphatic heterocycles. The summed E-state index contributed by atoms with van der Waals surface area (Å²) in [4.78, 5) is 0. The third kappa shape index (κ3) is 3.80. The zero-order valence-electron chi connectivity index (χ0n) is 10.8. The molecule has 100 valence electrons. The quantitative estimate of drug-likeness (QED) is 0.889. The van der Waals surface area contributed by atoms with E-state index in [9.17, 15) is 9.50 Å². The number of aliphatic hydroxyl groups is 1. The van der Waals surface area contributed by atoms with E-state index in [-0.39, 0.29) is 5.82 Å². The zero-order valence-corrected chi connectivity index (χ0v) is 10.8. The van der Waals surface area contributed by atoms with Crippen LogP contribution in [0.15, 0.2) is 48.5 Å². The van der Waals surface area contributed by atoms with Crippen molar-refractivity contribution in [3.63, 3.8) is 0 Å². The number of benzene rings is 2. The van der Waals surface area contributed by atoms with Crippen molar-refractivity contribution in [1.29, 1.82) is 0 Å². The van der Waals surface area contributed by atoms with Crippen molar-refractivity contribution in [3.05, 3.63) is 65.5 Å². The summed E-state index contributed by atoms with van der Waals surface area (Å²) in [5.41, 5.74) is 1.75. The molecule has 3 heteroatoms. The van der Waals surface area contributed by atoms with Crippen LogP contribution in [0.25, 0.3) is 0 Å². The third-order valence-corrected chi connectivity index (χ3v) is 2.98. The van der Waals surface area contributed by atoms with Crippen LogP contribution in [-0.4, -0.2) is 11.7 Å². The molecule has 0 amide bonds. The lowest BCUT2D eigenvalue weighted by Crippen LogP contribution is -2.06. The third-order valence-electron chi connectivity index (χ3n) is 2.98. The van der Waals surface area contributed by atoms with Crippen molar-refractivity contribution in [1.82, 2.24) is 0 Å². The maximum atomic E-state index is 13.1. The standard InChI is InChI=1S/C16H17FO2/c1-12-7-8-14(17)11-16(12)19-10-9-15(18)13-5-3-2-4-6-13/h2-8,11,15,18H,9-10H2,1H3. The van der Waals surface area contributed by atoms with Crippen LogP contribution in [0.1, 0.15) is 23.7 Å². The summed E-state index contributed by atoms with van der Waals surface area (Å²) in [5, 5.41) is 9.97. The topological polar surface area (TPSA) is 29.5 Å². The smallest absolute Gasteiger partial charge is 0.126 e. The molecular weight excluding hydrogens is 243 g/mol. The van der Waals surface area contributed by atoms with Gasteiger partial charge >= 0.3 is 0 Å². The molecule has 0 heterocycles. The molecule has 2 aromatic carbocycles. The van der Waals surface area contributed by atoms with Gasteiger partial charge in [-0.25, -0.2) is 4.39 Å². The van der Waals surface area contributed by atoms with Crippen LogP contribution in [0.5, 0.6) is 5.75 Å². The Morgan fingerprint density at radius 1 is 1.16 bits per heavy atom. The minimum absolute atomic E-state index is 0.316. The van der Waals surface area contributed by atoms with E-state index in [1.807, 2.05) is 37.3 Å². The van der Waals surface area contributed by atoms with E-state index < -0.39 is 6.10 Å². The summed E-state index contributed by atoms with van der Waals surface area (Å²) in [6.45, 7) is 2.21. The van der Waals surface area contributed by atoms with E-state index in [1.54, 1.807) is 6.07 Å². The number of hydrogen-bond donors (Lipinski definition) is 1. The number of ether oxygens (including phenoxy) is 1. The van der Waals surface area contributed by atoms with E-state index in [1.165, 1.54) is 12.1 Å². The lowest BCUT2D eigenvalue weighted by atomic mass is 10.1. The Bertz CT molecular complexity index is 526. The molecule has 19 heavy (non-hydrogen) atoms. The summed E-state index contributed by atoms with van der Waals surface area (Å²) in [6, 6.07) is 13.9. The molecule has 1 N–H and O–H groups in total. The van der Waals surface area contributed by atoms with Gasteiger partial charge in [-0.05, 0) is 24.1 Å². The van der Waals surface area contributed by atoms with Gasteiger partial charge < -0.3 is 9.84 Å². The van der Waals surface area contributed by atoms with Crippen molar-refractivity contribution >= 4 is 0 Å². The average Bonchev–Trinajstić information content (AvgIpc) is 2.43. The highest BCUT2D eigenvalue weighted by Crippen LogP contribution is 2.21. The van der Waals surface area contributed by atoms with Crippen LogP contribution in [0.4, 0.5) is 4.39 Å². The summed E-state index contributed by atoms with van der Waals surface area (Å²) in [7, 11) is 0. The number of rotatable bonds is 5. The number of aliphatic hydroxyl groups excluding tert-OH is 1. The highest BCUT2D eigenvalue weighted by atomic mass is 19.1. The van der Waals surface area contributed by atoms with E-state index in [2.05, 4.69) is 0 Å². The molecule has 1 atom stereocenters.